The standard InChI is InChI=1S/C14H21NO3/c1-4-9(2)8-10(3)15-14(18)11-6-5-7-12(16)13(11)17/h5-7,9-10,16-17H,4,8H2,1-3H3,(H,15,18). The third kappa shape index (κ3) is 3.65. The molecule has 0 bridgehead atoms. The van der Waals surface area contributed by atoms with Crippen LogP contribution in [0.1, 0.15) is 44.0 Å². The Hall–Kier alpha value is -1.71. The van der Waals surface area contributed by atoms with Crippen molar-refractivity contribution < 1.29 is 15.0 Å². The molecule has 0 heterocycles. The van der Waals surface area contributed by atoms with Crippen LogP contribution in [-0.4, -0.2) is 22.2 Å². The zero-order valence-corrected chi connectivity index (χ0v) is 11.1. The van der Waals surface area contributed by atoms with E-state index in [-0.39, 0.29) is 29.0 Å². The van der Waals surface area contributed by atoms with Gasteiger partial charge in [-0.05, 0) is 31.4 Å². The van der Waals surface area contributed by atoms with E-state index >= 15 is 0 Å². The summed E-state index contributed by atoms with van der Waals surface area (Å²) in [6.07, 6.45) is 1.96. The highest BCUT2D eigenvalue weighted by atomic mass is 16.3. The number of nitrogens with one attached hydrogen (secondary N) is 1. The van der Waals surface area contributed by atoms with Crippen molar-refractivity contribution in [3.05, 3.63) is 23.8 Å². The van der Waals surface area contributed by atoms with Crippen molar-refractivity contribution in [3.63, 3.8) is 0 Å². The van der Waals surface area contributed by atoms with E-state index < -0.39 is 0 Å². The molecule has 18 heavy (non-hydrogen) atoms. The molecule has 0 spiro atoms. The number of hydrogen-bond donors (Lipinski definition) is 3. The second kappa shape index (κ2) is 6.28. The van der Waals surface area contributed by atoms with Gasteiger partial charge in [-0.3, -0.25) is 4.79 Å². The summed E-state index contributed by atoms with van der Waals surface area (Å²) >= 11 is 0. The molecule has 1 aromatic carbocycles. The Bertz CT molecular complexity index is 418. The molecule has 0 aliphatic rings. The van der Waals surface area contributed by atoms with Gasteiger partial charge in [-0.1, -0.05) is 26.3 Å². The lowest BCUT2D eigenvalue weighted by atomic mass is 10.00. The van der Waals surface area contributed by atoms with Gasteiger partial charge in [0.25, 0.3) is 5.91 Å². The molecular formula is C14H21NO3. The van der Waals surface area contributed by atoms with Crippen LogP contribution in [0.2, 0.25) is 0 Å². The van der Waals surface area contributed by atoms with Crippen molar-refractivity contribution in [1.29, 1.82) is 0 Å². The number of aromatic hydroxyl groups is 2. The molecule has 2 unspecified atom stereocenters. The summed E-state index contributed by atoms with van der Waals surface area (Å²) in [5.41, 5.74) is 0.103. The van der Waals surface area contributed by atoms with Crippen molar-refractivity contribution in [3.8, 4) is 11.5 Å². The molecule has 0 aliphatic heterocycles. The largest absolute Gasteiger partial charge is 0.504 e. The van der Waals surface area contributed by atoms with Gasteiger partial charge in [0, 0.05) is 6.04 Å². The van der Waals surface area contributed by atoms with E-state index in [1.165, 1.54) is 18.2 Å². The van der Waals surface area contributed by atoms with Gasteiger partial charge in [0.05, 0.1) is 5.56 Å². The van der Waals surface area contributed by atoms with Gasteiger partial charge in [0.15, 0.2) is 11.5 Å². The van der Waals surface area contributed by atoms with Crippen molar-refractivity contribution in [2.45, 2.75) is 39.7 Å². The lowest BCUT2D eigenvalue weighted by Gasteiger charge is -2.18. The smallest absolute Gasteiger partial charge is 0.255 e. The summed E-state index contributed by atoms with van der Waals surface area (Å²) in [4.78, 5) is 11.9. The summed E-state index contributed by atoms with van der Waals surface area (Å²) in [6, 6.07) is 4.40. The normalized spacial score (nSPS) is 13.9. The van der Waals surface area contributed by atoms with Gasteiger partial charge < -0.3 is 15.5 Å². The Balaban J connectivity index is 2.68. The van der Waals surface area contributed by atoms with Crippen molar-refractivity contribution in [1.82, 2.24) is 5.32 Å². The quantitative estimate of drug-likeness (QED) is 0.705. The number of amides is 1. The van der Waals surface area contributed by atoms with E-state index in [1.807, 2.05) is 6.92 Å². The first-order chi connectivity index (χ1) is 8.45. The summed E-state index contributed by atoms with van der Waals surface area (Å²) in [7, 11) is 0. The highest BCUT2D eigenvalue weighted by Crippen LogP contribution is 2.28. The molecule has 0 aliphatic carbocycles. The highest BCUT2D eigenvalue weighted by molar-refractivity contribution is 5.97. The Labute approximate surface area is 108 Å². The number of benzene rings is 1. The first kappa shape index (κ1) is 14.4. The van der Waals surface area contributed by atoms with Gasteiger partial charge in [0.1, 0.15) is 0 Å². The van der Waals surface area contributed by atoms with Gasteiger partial charge >= 0.3 is 0 Å². The molecule has 0 saturated heterocycles. The average Bonchev–Trinajstić information content (AvgIpc) is 2.32. The monoisotopic (exact) mass is 251 g/mol. The van der Waals surface area contributed by atoms with Crippen LogP contribution in [0.3, 0.4) is 0 Å². The maximum Gasteiger partial charge on any atom is 0.255 e. The maximum absolute atomic E-state index is 11.9. The molecule has 1 rings (SSSR count). The molecule has 4 heteroatoms. The third-order valence-corrected chi connectivity index (χ3v) is 3.09. The fraction of sp³-hybridized carbons (Fsp3) is 0.500. The van der Waals surface area contributed by atoms with Crippen molar-refractivity contribution in [2.75, 3.05) is 0 Å². The molecule has 0 radical (unpaired) electrons. The molecular weight excluding hydrogens is 230 g/mol. The number of phenolic OH excluding ortho intramolecular Hbond substituents is 2. The van der Waals surface area contributed by atoms with Crippen molar-refractivity contribution in [2.24, 2.45) is 5.92 Å². The number of rotatable bonds is 5. The number of para-hydroxylation sites is 1. The van der Waals surface area contributed by atoms with Crippen LogP contribution >= 0.6 is 0 Å². The Morgan fingerprint density at radius 2 is 2.00 bits per heavy atom. The predicted octanol–water partition coefficient (Wildman–Crippen LogP) is 2.65. The van der Waals surface area contributed by atoms with E-state index in [1.54, 1.807) is 0 Å². The summed E-state index contributed by atoms with van der Waals surface area (Å²) < 4.78 is 0. The van der Waals surface area contributed by atoms with E-state index in [9.17, 15) is 15.0 Å². The van der Waals surface area contributed by atoms with Gasteiger partial charge in [0.2, 0.25) is 0 Å². The summed E-state index contributed by atoms with van der Waals surface area (Å²) in [5, 5.41) is 21.8. The number of carbonyl (C=O) groups excluding carboxylic acids is 1. The molecule has 2 atom stereocenters. The van der Waals surface area contributed by atoms with Crippen LogP contribution in [0.5, 0.6) is 11.5 Å². The minimum Gasteiger partial charge on any atom is -0.504 e. The van der Waals surface area contributed by atoms with Crippen LogP contribution in [0, 0.1) is 5.92 Å². The minimum atomic E-state index is -0.370. The molecule has 0 aromatic heterocycles. The fourth-order valence-corrected chi connectivity index (χ4v) is 1.85. The minimum absolute atomic E-state index is 0.0363. The zero-order chi connectivity index (χ0) is 13.7. The fourth-order valence-electron chi connectivity index (χ4n) is 1.85. The molecule has 4 nitrogen and oxygen atoms in total. The van der Waals surface area contributed by atoms with E-state index in [2.05, 4.69) is 19.2 Å². The van der Waals surface area contributed by atoms with Crippen molar-refractivity contribution >= 4 is 5.91 Å². The second-order valence-electron chi connectivity index (χ2n) is 4.80. The number of phenols is 2. The van der Waals surface area contributed by atoms with Gasteiger partial charge in [-0.15, -0.1) is 0 Å². The summed E-state index contributed by atoms with van der Waals surface area (Å²) in [6.45, 7) is 6.18. The highest BCUT2D eigenvalue weighted by Gasteiger charge is 2.16. The Morgan fingerprint density at radius 1 is 1.33 bits per heavy atom. The SMILES string of the molecule is CCC(C)CC(C)NC(=O)c1cccc(O)c1O. The molecule has 0 saturated carbocycles. The predicted molar refractivity (Wildman–Crippen MR) is 70.8 cm³/mol. The van der Waals surface area contributed by atoms with Crippen LogP contribution in [0.4, 0.5) is 0 Å². The molecule has 3 N–H and O–H groups in total. The summed E-state index contributed by atoms with van der Waals surface area (Å²) in [5.74, 6) is -0.472. The van der Waals surface area contributed by atoms with Crippen LogP contribution in [0.15, 0.2) is 18.2 Å². The number of hydrogen-bond acceptors (Lipinski definition) is 3. The first-order valence-electron chi connectivity index (χ1n) is 6.27. The molecule has 1 aromatic rings. The van der Waals surface area contributed by atoms with Gasteiger partial charge in [-0.25, -0.2) is 0 Å². The molecule has 1 amide bonds. The zero-order valence-electron chi connectivity index (χ0n) is 11.1. The molecule has 0 fully saturated rings. The van der Waals surface area contributed by atoms with Crippen LogP contribution in [0.25, 0.3) is 0 Å². The second-order valence-corrected chi connectivity index (χ2v) is 4.80. The van der Waals surface area contributed by atoms with E-state index in [0.29, 0.717) is 5.92 Å². The third-order valence-electron chi connectivity index (χ3n) is 3.09. The van der Waals surface area contributed by atoms with E-state index in [0.717, 1.165) is 12.8 Å². The average molecular weight is 251 g/mol. The van der Waals surface area contributed by atoms with E-state index in [4.69, 9.17) is 0 Å². The van der Waals surface area contributed by atoms with Crippen LogP contribution < -0.4 is 5.32 Å². The van der Waals surface area contributed by atoms with Gasteiger partial charge in [-0.2, -0.15) is 0 Å². The number of carbonyl (C=O) groups is 1. The lowest BCUT2D eigenvalue weighted by molar-refractivity contribution is 0.0932. The molecule has 100 valence electrons. The maximum atomic E-state index is 11.9. The topological polar surface area (TPSA) is 69.6 Å². The first-order valence-corrected chi connectivity index (χ1v) is 6.27. The van der Waals surface area contributed by atoms with Crippen LogP contribution in [-0.2, 0) is 0 Å². The Morgan fingerprint density at radius 3 is 2.61 bits per heavy atom. The Kier molecular flexibility index (Phi) is 5.01. The lowest BCUT2D eigenvalue weighted by Crippen LogP contribution is -2.33.